The molecular weight excluding hydrogens is 298 g/mol. The number of likely N-dealkylation sites (N-methyl/N-ethyl adjacent to an activating group) is 1. The van der Waals surface area contributed by atoms with E-state index in [1.807, 2.05) is 23.5 Å². The highest BCUT2D eigenvalue weighted by atomic mass is 35.5. The van der Waals surface area contributed by atoms with Gasteiger partial charge in [0.2, 0.25) is 0 Å². The van der Waals surface area contributed by atoms with Crippen molar-refractivity contribution in [3.63, 3.8) is 0 Å². The Morgan fingerprint density at radius 1 is 1.10 bits per heavy atom. The molecule has 21 heavy (non-hydrogen) atoms. The lowest BCUT2D eigenvalue weighted by atomic mass is 10.0. The predicted molar refractivity (Wildman–Crippen MR) is 93.4 cm³/mol. The number of thiophene rings is 1. The predicted octanol–water partition coefficient (Wildman–Crippen LogP) is 5.45. The summed E-state index contributed by atoms with van der Waals surface area (Å²) in [6, 6.07) is 19.4. The summed E-state index contributed by atoms with van der Waals surface area (Å²) in [5.41, 5.74) is 1.31. The van der Waals surface area contributed by atoms with Crippen molar-refractivity contribution < 1.29 is 0 Å². The minimum atomic E-state index is 0.355. The van der Waals surface area contributed by atoms with Crippen LogP contribution in [0.2, 0.25) is 5.02 Å². The van der Waals surface area contributed by atoms with Crippen molar-refractivity contribution in [2.45, 2.75) is 19.4 Å². The van der Waals surface area contributed by atoms with Crippen LogP contribution in [0.25, 0.3) is 10.1 Å². The van der Waals surface area contributed by atoms with E-state index in [1.165, 1.54) is 20.5 Å². The topological polar surface area (TPSA) is 12.0 Å². The molecule has 1 unspecified atom stereocenters. The van der Waals surface area contributed by atoms with Crippen LogP contribution in [0.4, 0.5) is 0 Å². The van der Waals surface area contributed by atoms with Crippen molar-refractivity contribution in [3.8, 4) is 0 Å². The largest absolute Gasteiger partial charge is 0.309 e. The Morgan fingerprint density at radius 3 is 2.57 bits per heavy atom. The maximum atomic E-state index is 5.97. The summed E-state index contributed by atoms with van der Waals surface area (Å²) in [6.45, 7) is 3.12. The van der Waals surface area contributed by atoms with E-state index >= 15 is 0 Å². The number of nitrogens with one attached hydrogen (secondary N) is 1. The molecule has 0 spiro atoms. The molecule has 1 atom stereocenters. The average Bonchev–Trinajstić information content (AvgIpc) is 2.93. The third-order valence-electron chi connectivity index (χ3n) is 3.59. The van der Waals surface area contributed by atoms with Crippen molar-refractivity contribution >= 4 is 33.0 Å². The van der Waals surface area contributed by atoms with Crippen molar-refractivity contribution in [2.24, 2.45) is 0 Å². The molecular formula is C18H18ClNS. The van der Waals surface area contributed by atoms with Crippen LogP contribution in [0, 0.1) is 0 Å². The van der Waals surface area contributed by atoms with Gasteiger partial charge in [-0.05, 0) is 48.2 Å². The highest BCUT2D eigenvalue weighted by molar-refractivity contribution is 7.19. The van der Waals surface area contributed by atoms with E-state index in [4.69, 9.17) is 11.6 Å². The number of fused-ring (bicyclic) bond motifs is 1. The van der Waals surface area contributed by atoms with Gasteiger partial charge >= 0.3 is 0 Å². The lowest BCUT2D eigenvalue weighted by Gasteiger charge is -2.16. The van der Waals surface area contributed by atoms with Crippen molar-refractivity contribution in [2.75, 3.05) is 6.54 Å². The molecule has 0 aliphatic carbocycles. The van der Waals surface area contributed by atoms with Gasteiger partial charge in [-0.2, -0.15) is 0 Å². The van der Waals surface area contributed by atoms with Gasteiger partial charge in [0.05, 0.1) is 0 Å². The Hall–Kier alpha value is -1.35. The minimum absolute atomic E-state index is 0.355. The van der Waals surface area contributed by atoms with Crippen LogP contribution in [-0.4, -0.2) is 6.54 Å². The Bertz CT molecular complexity index is 684. The number of halogens is 1. The molecule has 0 aliphatic rings. The van der Waals surface area contributed by atoms with Gasteiger partial charge in [-0.3, -0.25) is 0 Å². The number of hydrogen-bond donors (Lipinski definition) is 1. The van der Waals surface area contributed by atoms with E-state index in [0.29, 0.717) is 6.04 Å². The fraction of sp³-hybridized carbons (Fsp3) is 0.222. The Balaban J connectivity index is 1.87. The molecule has 0 fully saturated rings. The summed E-state index contributed by atoms with van der Waals surface area (Å²) in [5, 5.41) is 5.72. The highest BCUT2D eigenvalue weighted by Crippen LogP contribution is 2.31. The maximum Gasteiger partial charge on any atom is 0.0456 e. The Morgan fingerprint density at radius 2 is 1.86 bits per heavy atom. The molecule has 1 heterocycles. The zero-order valence-electron chi connectivity index (χ0n) is 12.0. The Kier molecular flexibility index (Phi) is 4.59. The van der Waals surface area contributed by atoms with Gasteiger partial charge in [-0.1, -0.05) is 48.9 Å². The van der Waals surface area contributed by atoms with Gasteiger partial charge in [0.15, 0.2) is 0 Å². The maximum absolute atomic E-state index is 5.97. The van der Waals surface area contributed by atoms with E-state index < -0.39 is 0 Å². The standard InChI is InChI=1S/C18H18ClNS/c1-2-20-16(11-13-7-9-15(19)10-8-13)18-12-14-5-3-4-6-17(14)21-18/h3-10,12,16,20H,2,11H2,1H3. The molecule has 3 heteroatoms. The van der Waals surface area contributed by atoms with Gasteiger partial charge in [-0.25, -0.2) is 0 Å². The fourth-order valence-electron chi connectivity index (χ4n) is 2.55. The quantitative estimate of drug-likeness (QED) is 0.660. The van der Waals surface area contributed by atoms with Crippen LogP contribution in [0.15, 0.2) is 54.6 Å². The molecule has 2 aromatic carbocycles. The van der Waals surface area contributed by atoms with Crippen LogP contribution >= 0.6 is 22.9 Å². The molecule has 108 valence electrons. The molecule has 0 radical (unpaired) electrons. The second-order valence-corrected chi connectivity index (χ2v) is 6.68. The molecule has 0 saturated heterocycles. The van der Waals surface area contributed by atoms with Crippen LogP contribution in [0.5, 0.6) is 0 Å². The number of benzene rings is 2. The van der Waals surface area contributed by atoms with E-state index in [0.717, 1.165) is 18.0 Å². The summed E-state index contributed by atoms with van der Waals surface area (Å²) >= 11 is 7.85. The van der Waals surface area contributed by atoms with Crippen LogP contribution in [0.3, 0.4) is 0 Å². The van der Waals surface area contributed by atoms with E-state index in [-0.39, 0.29) is 0 Å². The second-order valence-electron chi connectivity index (χ2n) is 5.13. The molecule has 1 aromatic heterocycles. The smallest absolute Gasteiger partial charge is 0.0456 e. The SMILES string of the molecule is CCNC(Cc1ccc(Cl)cc1)c1cc2ccccc2s1. The first-order valence-electron chi connectivity index (χ1n) is 7.22. The van der Waals surface area contributed by atoms with Crippen molar-refractivity contribution in [3.05, 3.63) is 70.1 Å². The molecule has 1 N–H and O–H groups in total. The normalized spacial score (nSPS) is 12.7. The van der Waals surface area contributed by atoms with Crippen LogP contribution in [0.1, 0.15) is 23.4 Å². The van der Waals surface area contributed by atoms with Crippen molar-refractivity contribution in [1.82, 2.24) is 5.32 Å². The molecule has 0 amide bonds. The lowest BCUT2D eigenvalue weighted by molar-refractivity contribution is 0.558. The zero-order chi connectivity index (χ0) is 14.7. The monoisotopic (exact) mass is 315 g/mol. The van der Waals surface area contributed by atoms with Gasteiger partial charge in [0.25, 0.3) is 0 Å². The summed E-state index contributed by atoms with van der Waals surface area (Å²) in [6.07, 6.45) is 0.984. The van der Waals surface area contributed by atoms with Crippen molar-refractivity contribution in [1.29, 1.82) is 0 Å². The van der Waals surface area contributed by atoms with Gasteiger partial charge in [0, 0.05) is 20.6 Å². The summed E-state index contributed by atoms with van der Waals surface area (Å²) in [4.78, 5) is 1.40. The van der Waals surface area contributed by atoms with Gasteiger partial charge in [0.1, 0.15) is 0 Å². The minimum Gasteiger partial charge on any atom is -0.309 e. The first-order valence-corrected chi connectivity index (χ1v) is 8.42. The second kappa shape index (κ2) is 6.61. The molecule has 0 aliphatic heterocycles. The van der Waals surface area contributed by atoms with E-state index in [9.17, 15) is 0 Å². The molecule has 3 aromatic rings. The van der Waals surface area contributed by atoms with Crippen LogP contribution in [-0.2, 0) is 6.42 Å². The van der Waals surface area contributed by atoms with E-state index in [1.54, 1.807) is 0 Å². The summed E-state index contributed by atoms with van der Waals surface area (Å²) in [5.74, 6) is 0. The number of hydrogen-bond acceptors (Lipinski definition) is 2. The first kappa shape index (κ1) is 14.6. The molecule has 0 saturated carbocycles. The third-order valence-corrected chi connectivity index (χ3v) is 5.07. The zero-order valence-corrected chi connectivity index (χ0v) is 13.5. The highest BCUT2D eigenvalue weighted by Gasteiger charge is 2.14. The molecule has 0 bridgehead atoms. The lowest BCUT2D eigenvalue weighted by Crippen LogP contribution is -2.22. The Labute approximate surface area is 134 Å². The van der Waals surface area contributed by atoms with Gasteiger partial charge < -0.3 is 5.32 Å². The third kappa shape index (κ3) is 3.46. The molecule has 1 nitrogen and oxygen atoms in total. The first-order chi connectivity index (χ1) is 10.3. The molecule has 3 rings (SSSR count). The fourth-order valence-corrected chi connectivity index (χ4v) is 3.82. The number of rotatable bonds is 5. The average molecular weight is 316 g/mol. The van der Waals surface area contributed by atoms with Crippen LogP contribution < -0.4 is 5.32 Å². The van der Waals surface area contributed by atoms with Gasteiger partial charge in [-0.15, -0.1) is 11.3 Å². The van der Waals surface area contributed by atoms with E-state index in [2.05, 4.69) is 54.7 Å². The summed E-state index contributed by atoms with van der Waals surface area (Å²) < 4.78 is 1.35. The summed E-state index contributed by atoms with van der Waals surface area (Å²) in [7, 11) is 0.